The number of para-hydroxylation sites is 1. The smallest absolute Gasteiger partial charge is 0.326 e. The van der Waals surface area contributed by atoms with Gasteiger partial charge in [-0.05, 0) is 24.3 Å². The molecule has 2 aromatic carbocycles. The predicted octanol–water partition coefficient (Wildman–Crippen LogP) is 1.78. The first-order valence-electron chi connectivity index (χ1n) is 8.73. The Morgan fingerprint density at radius 1 is 0.929 bits per heavy atom. The molecule has 0 spiro atoms. The molecule has 0 unspecified atom stereocenters. The van der Waals surface area contributed by atoms with E-state index in [1.54, 1.807) is 36.4 Å². The highest BCUT2D eigenvalue weighted by Gasteiger charge is 2.21. The van der Waals surface area contributed by atoms with E-state index in [9.17, 15) is 19.5 Å². The van der Waals surface area contributed by atoms with Gasteiger partial charge in [0.05, 0.1) is 12.1 Å². The molecule has 0 bridgehead atoms. The summed E-state index contributed by atoms with van der Waals surface area (Å²) >= 11 is 0. The second-order valence-electron chi connectivity index (χ2n) is 6.21. The molecule has 0 aliphatic heterocycles. The number of aliphatic carboxylic acids is 1. The highest BCUT2D eigenvalue weighted by Crippen LogP contribution is 2.13. The van der Waals surface area contributed by atoms with E-state index in [1.807, 2.05) is 30.3 Å². The largest absolute Gasteiger partial charge is 0.480 e. The van der Waals surface area contributed by atoms with Gasteiger partial charge in [-0.15, -0.1) is 0 Å². The highest BCUT2D eigenvalue weighted by atomic mass is 16.4. The average molecular weight is 377 g/mol. The fourth-order valence-electron chi connectivity index (χ4n) is 2.73. The zero-order chi connectivity index (χ0) is 19.9. The summed E-state index contributed by atoms with van der Waals surface area (Å²) in [6.07, 6.45) is 0.0402. The predicted molar refractivity (Wildman–Crippen MR) is 104 cm³/mol. The van der Waals surface area contributed by atoms with E-state index in [4.69, 9.17) is 0 Å². The number of benzene rings is 2. The molecule has 1 atom stereocenters. The maximum Gasteiger partial charge on any atom is 0.326 e. The summed E-state index contributed by atoms with van der Waals surface area (Å²) in [5.74, 6) is -2.16. The number of hydrogen-bond acceptors (Lipinski definition) is 4. The molecule has 0 aliphatic rings. The van der Waals surface area contributed by atoms with E-state index in [0.29, 0.717) is 11.3 Å². The van der Waals surface area contributed by atoms with Crippen molar-refractivity contribution in [3.63, 3.8) is 0 Å². The molecule has 1 aromatic heterocycles. The first-order chi connectivity index (χ1) is 13.5. The first-order valence-corrected chi connectivity index (χ1v) is 8.73. The number of carboxylic acids is 1. The average Bonchev–Trinajstić information content (AvgIpc) is 2.72. The fraction of sp³-hybridized carbons (Fsp3) is 0.143. The Hall–Kier alpha value is -3.74. The Morgan fingerprint density at radius 3 is 2.39 bits per heavy atom. The van der Waals surface area contributed by atoms with Gasteiger partial charge in [0.25, 0.3) is 5.91 Å². The lowest BCUT2D eigenvalue weighted by molar-refractivity contribution is -0.141. The summed E-state index contributed by atoms with van der Waals surface area (Å²) in [5.41, 5.74) is 1.73. The summed E-state index contributed by atoms with van der Waals surface area (Å²) < 4.78 is 0. The number of nitrogens with one attached hydrogen (secondary N) is 2. The second-order valence-corrected chi connectivity index (χ2v) is 6.21. The van der Waals surface area contributed by atoms with Gasteiger partial charge in [-0.3, -0.25) is 14.6 Å². The third-order valence-corrected chi connectivity index (χ3v) is 4.15. The Kier molecular flexibility index (Phi) is 5.96. The van der Waals surface area contributed by atoms with Gasteiger partial charge in [0, 0.05) is 23.1 Å². The van der Waals surface area contributed by atoms with Gasteiger partial charge in [0.2, 0.25) is 5.91 Å². The SMILES string of the molecule is O=C(CNC(=O)c1ccccc1)N[C@@H](Cc1ccc2ccccc2n1)C(=O)O. The molecule has 2 amide bonds. The van der Waals surface area contributed by atoms with E-state index in [2.05, 4.69) is 15.6 Å². The summed E-state index contributed by atoms with van der Waals surface area (Å²) in [7, 11) is 0. The minimum Gasteiger partial charge on any atom is -0.480 e. The number of rotatable bonds is 7. The van der Waals surface area contributed by atoms with E-state index < -0.39 is 23.8 Å². The number of aromatic nitrogens is 1. The van der Waals surface area contributed by atoms with Crippen LogP contribution in [-0.2, 0) is 16.0 Å². The minimum absolute atomic E-state index is 0.0402. The van der Waals surface area contributed by atoms with Crippen LogP contribution in [0.15, 0.2) is 66.7 Å². The molecule has 142 valence electrons. The van der Waals surface area contributed by atoms with Crippen molar-refractivity contribution >= 4 is 28.7 Å². The number of amides is 2. The van der Waals surface area contributed by atoms with Crippen molar-refractivity contribution in [1.82, 2.24) is 15.6 Å². The molecular weight excluding hydrogens is 358 g/mol. The Morgan fingerprint density at radius 2 is 1.64 bits per heavy atom. The zero-order valence-electron chi connectivity index (χ0n) is 15.0. The molecule has 0 radical (unpaired) electrons. The van der Waals surface area contributed by atoms with Crippen molar-refractivity contribution in [3.05, 3.63) is 78.0 Å². The number of pyridine rings is 1. The molecule has 0 saturated carbocycles. The zero-order valence-corrected chi connectivity index (χ0v) is 15.0. The molecule has 28 heavy (non-hydrogen) atoms. The normalized spacial score (nSPS) is 11.6. The molecule has 0 aliphatic carbocycles. The maximum atomic E-state index is 12.1. The molecule has 0 saturated heterocycles. The van der Waals surface area contributed by atoms with Crippen LogP contribution in [0.5, 0.6) is 0 Å². The number of carboxylic acid groups (broad SMARTS) is 1. The van der Waals surface area contributed by atoms with Gasteiger partial charge in [0.15, 0.2) is 0 Å². The highest BCUT2D eigenvalue weighted by molar-refractivity contribution is 5.96. The second kappa shape index (κ2) is 8.77. The van der Waals surface area contributed by atoms with Crippen molar-refractivity contribution < 1.29 is 19.5 Å². The molecule has 3 aromatic rings. The first kappa shape index (κ1) is 19.0. The van der Waals surface area contributed by atoms with Crippen LogP contribution in [-0.4, -0.2) is 40.5 Å². The fourth-order valence-corrected chi connectivity index (χ4v) is 2.73. The van der Waals surface area contributed by atoms with Gasteiger partial charge in [-0.25, -0.2) is 4.79 Å². The van der Waals surface area contributed by atoms with Crippen LogP contribution in [0.1, 0.15) is 16.1 Å². The maximum absolute atomic E-state index is 12.1. The van der Waals surface area contributed by atoms with Crippen LogP contribution >= 0.6 is 0 Å². The van der Waals surface area contributed by atoms with E-state index in [1.165, 1.54) is 0 Å². The van der Waals surface area contributed by atoms with Crippen LogP contribution in [0, 0.1) is 0 Å². The van der Waals surface area contributed by atoms with E-state index in [0.717, 1.165) is 10.9 Å². The van der Waals surface area contributed by atoms with Gasteiger partial charge in [-0.1, -0.05) is 42.5 Å². The van der Waals surface area contributed by atoms with Crippen LogP contribution < -0.4 is 10.6 Å². The lowest BCUT2D eigenvalue weighted by Gasteiger charge is -2.15. The quantitative estimate of drug-likeness (QED) is 0.582. The Bertz CT molecular complexity index is 1000. The summed E-state index contributed by atoms with van der Waals surface area (Å²) in [6.45, 7) is -0.317. The van der Waals surface area contributed by atoms with E-state index in [-0.39, 0.29) is 13.0 Å². The number of fused-ring (bicyclic) bond motifs is 1. The Labute approximate surface area is 161 Å². The number of hydrogen-bond donors (Lipinski definition) is 3. The van der Waals surface area contributed by atoms with E-state index >= 15 is 0 Å². The van der Waals surface area contributed by atoms with Crippen molar-refractivity contribution in [2.75, 3.05) is 6.54 Å². The molecule has 3 N–H and O–H groups in total. The number of carbonyl (C=O) groups excluding carboxylic acids is 2. The van der Waals surface area contributed by atoms with Crippen molar-refractivity contribution in [2.24, 2.45) is 0 Å². The van der Waals surface area contributed by atoms with Crippen LogP contribution in [0.25, 0.3) is 10.9 Å². The van der Waals surface area contributed by atoms with Crippen molar-refractivity contribution in [1.29, 1.82) is 0 Å². The van der Waals surface area contributed by atoms with Gasteiger partial charge < -0.3 is 15.7 Å². The lowest BCUT2D eigenvalue weighted by Crippen LogP contribution is -2.46. The third kappa shape index (κ3) is 4.91. The molecular formula is C21H19N3O4. The van der Waals surface area contributed by atoms with Crippen molar-refractivity contribution in [2.45, 2.75) is 12.5 Å². The summed E-state index contributed by atoms with van der Waals surface area (Å²) in [4.78, 5) is 40.0. The van der Waals surface area contributed by atoms with Crippen LogP contribution in [0.3, 0.4) is 0 Å². The standard InChI is InChI=1S/C21H19N3O4/c25-19(13-22-20(26)15-7-2-1-3-8-15)24-18(21(27)28)12-16-11-10-14-6-4-5-9-17(14)23-16/h1-11,18H,12-13H2,(H,22,26)(H,24,25)(H,27,28)/t18-/m0/s1. The molecule has 3 rings (SSSR count). The molecule has 0 fully saturated rings. The minimum atomic E-state index is -1.17. The van der Waals surface area contributed by atoms with Gasteiger partial charge in [-0.2, -0.15) is 0 Å². The number of carbonyl (C=O) groups is 3. The molecule has 7 heteroatoms. The monoisotopic (exact) mass is 377 g/mol. The van der Waals surface area contributed by atoms with Crippen LogP contribution in [0.4, 0.5) is 0 Å². The summed E-state index contributed by atoms with van der Waals surface area (Å²) in [5, 5.41) is 15.3. The summed E-state index contributed by atoms with van der Waals surface area (Å²) in [6, 6.07) is 18.4. The molecule has 7 nitrogen and oxygen atoms in total. The Balaban J connectivity index is 1.59. The third-order valence-electron chi connectivity index (χ3n) is 4.15. The van der Waals surface area contributed by atoms with Gasteiger partial charge in [0.1, 0.15) is 6.04 Å². The number of nitrogens with zero attached hydrogens (tertiary/aromatic N) is 1. The van der Waals surface area contributed by atoms with Gasteiger partial charge >= 0.3 is 5.97 Å². The topological polar surface area (TPSA) is 108 Å². The van der Waals surface area contributed by atoms with Crippen LogP contribution in [0.2, 0.25) is 0 Å². The van der Waals surface area contributed by atoms with Crippen molar-refractivity contribution in [3.8, 4) is 0 Å². The molecule has 1 heterocycles. The lowest BCUT2D eigenvalue weighted by atomic mass is 10.1.